The quantitative estimate of drug-likeness (QED) is 0.451. The van der Waals surface area contributed by atoms with Crippen molar-refractivity contribution in [3.8, 4) is 5.75 Å². The third-order valence-electron chi connectivity index (χ3n) is 8.12. The lowest BCUT2D eigenvalue weighted by atomic mass is 9.76. The first-order chi connectivity index (χ1) is 18.9. The molecule has 200 valence electrons. The van der Waals surface area contributed by atoms with E-state index in [-0.39, 0.29) is 24.4 Å². The maximum atomic E-state index is 14.7. The van der Waals surface area contributed by atoms with E-state index < -0.39 is 29.1 Å². The molecule has 7 nitrogen and oxygen atoms in total. The van der Waals surface area contributed by atoms with E-state index in [1.54, 1.807) is 66.2 Å². The SMILES string of the molecule is COc1ccc(N2C(=O)[C@@H]3[C@H](CCSC)N[C@]4(C(=O)N(Cc5ccccc5F)c5ccccc54)[C@@H]3C2=O)cc1. The summed E-state index contributed by atoms with van der Waals surface area (Å²) in [6.07, 6.45) is 2.60. The fourth-order valence-electron chi connectivity index (χ4n) is 6.38. The number of hydrogen-bond acceptors (Lipinski definition) is 6. The Labute approximate surface area is 230 Å². The van der Waals surface area contributed by atoms with Gasteiger partial charge in [0, 0.05) is 22.9 Å². The zero-order valence-electron chi connectivity index (χ0n) is 21.6. The van der Waals surface area contributed by atoms with Gasteiger partial charge in [0.25, 0.3) is 5.91 Å². The number of imide groups is 1. The number of carbonyl (C=O) groups excluding carboxylic acids is 3. The number of nitrogens with zero attached hydrogens (tertiary/aromatic N) is 2. The standard InChI is InChI=1S/C30H28FN3O4S/c1-38-20-13-11-19(12-14-20)34-27(35)25-23(15-16-39-2)32-30(26(25)28(34)36)21-8-4-6-10-24(21)33(29(30)37)17-18-7-3-5-9-22(18)31/h3-14,23,25-26,32H,15-17H2,1-2H3/t23-,25+,26-,30-/m0/s1. The summed E-state index contributed by atoms with van der Waals surface area (Å²) in [5, 5.41) is 3.50. The van der Waals surface area contributed by atoms with E-state index in [0.29, 0.717) is 34.7 Å². The summed E-state index contributed by atoms with van der Waals surface area (Å²) >= 11 is 1.65. The molecule has 2 saturated heterocycles. The summed E-state index contributed by atoms with van der Waals surface area (Å²) in [6.45, 7) is 0.0170. The molecular formula is C30H28FN3O4S. The average molecular weight is 546 g/mol. The van der Waals surface area contributed by atoms with Crippen LogP contribution in [0.1, 0.15) is 17.5 Å². The van der Waals surface area contributed by atoms with E-state index in [1.165, 1.54) is 11.0 Å². The van der Waals surface area contributed by atoms with Gasteiger partial charge in [0.05, 0.1) is 31.2 Å². The summed E-state index contributed by atoms with van der Waals surface area (Å²) in [5.41, 5.74) is 0.654. The van der Waals surface area contributed by atoms with Gasteiger partial charge in [-0.25, -0.2) is 9.29 Å². The van der Waals surface area contributed by atoms with Crippen molar-refractivity contribution in [1.29, 1.82) is 0 Å². The largest absolute Gasteiger partial charge is 0.497 e. The van der Waals surface area contributed by atoms with E-state index in [0.717, 1.165) is 5.75 Å². The third kappa shape index (κ3) is 3.78. The van der Waals surface area contributed by atoms with Crippen molar-refractivity contribution in [3.63, 3.8) is 0 Å². The summed E-state index contributed by atoms with van der Waals surface area (Å²) in [6, 6.07) is 20.0. The maximum absolute atomic E-state index is 14.7. The Morgan fingerprint density at radius 2 is 1.69 bits per heavy atom. The Morgan fingerprint density at radius 1 is 0.974 bits per heavy atom. The number of hydrogen-bond donors (Lipinski definition) is 1. The number of anilines is 2. The van der Waals surface area contributed by atoms with E-state index in [1.807, 2.05) is 30.5 Å². The molecule has 3 heterocycles. The van der Waals surface area contributed by atoms with Crippen LogP contribution in [0.3, 0.4) is 0 Å². The highest BCUT2D eigenvalue weighted by atomic mass is 32.2. The highest BCUT2D eigenvalue weighted by Crippen LogP contribution is 2.55. The fraction of sp³-hybridized carbons (Fsp3) is 0.300. The minimum atomic E-state index is -1.43. The fourth-order valence-corrected chi connectivity index (χ4v) is 6.87. The van der Waals surface area contributed by atoms with Gasteiger partial charge >= 0.3 is 0 Å². The Kier molecular flexibility index (Phi) is 6.43. The van der Waals surface area contributed by atoms with Crippen LogP contribution in [-0.2, 0) is 26.5 Å². The number of fused-ring (bicyclic) bond motifs is 4. The molecule has 3 aliphatic heterocycles. The van der Waals surface area contributed by atoms with Crippen LogP contribution in [0.4, 0.5) is 15.8 Å². The second-order valence-electron chi connectivity index (χ2n) is 10.1. The summed E-state index contributed by atoms with van der Waals surface area (Å²) in [7, 11) is 1.55. The maximum Gasteiger partial charge on any atom is 0.253 e. The van der Waals surface area contributed by atoms with Crippen LogP contribution in [0.5, 0.6) is 5.75 Å². The number of benzene rings is 3. The van der Waals surface area contributed by atoms with E-state index >= 15 is 0 Å². The van der Waals surface area contributed by atoms with Crippen LogP contribution in [0.2, 0.25) is 0 Å². The summed E-state index contributed by atoms with van der Waals surface area (Å²) < 4.78 is 19.9. The number of nitrogens with one attached hydrogen (secondary N) is 1. The molecular weight excluding hydrogens is 517 g/mol. The van der Waals surface area contributed by atoms with E-state index in [9.17, 15) is 18.8 Å². The molecule has 3 amide bonds. The van der Waals surface area contributed by atoms with Crippen molar-refractivity contribution >= 4 is 40.9 Å². The van der Waals surface area contributed by atoms with Gasteiger partial charge in [-0.05, 0) is 54.8 Å². The predicted octanol–water partition coefficient (Wildman–Crippen LogP) is 4.11. The second-order valence-corrected chi connectivity index (χ2v) is 11.0. The van der Waals surface area contributed by atoms with Crippen LogP contribution in [0, 0.1) is 17.7 Å². The smallest absolute Gasteiger partial charge is 0.253 e. The monoisotopic (exact) mass is 545 g/mol. The molecule has 1 N–H and O–H groups in total. The van der Waals surface area contributed by atoms with Gasteiger partial charge < -0.3 is 9.64 Å². The molecule has 3 aliphatic rings. The molecule has 0 saturated carbocycles. The molecule has 0 radical (unpaired) electrons. The lowest BCUT2D eigenvalue weighted by Gasteiger charge is -2.30. The predicted molar refractivity (Wildman–Crippen MR) is 148 cm³/mol. The summed E-state index contributed by atoms with van der Waals surface area (Å²) in [4.78, 5) is 45.4. The van der Waals surface area contributed by atoms with Crippen LogP contribution in [0.15, 0.2) is 72.8 Å². The number of halogens is 1. The number of carbonyl (C=O) groups is 3. The number of thioether (sulfide) groups is 1. The van der Waals surface area contributed by atoms with Crippen LogP contribution in [-0.4, -0.2) is 42.9 Å². The van der Waals surface area contributed by atoms with Gasteiger partial charge in [0.1, 0.15) is 17.1 Å². The Morgan fingerprint density at radius 3 is 2.41 bits per heavy atom. The second kappa shape index (κ2) is 9.81. The first kappa shape index (κ1) is 25.6. The average Bonchev–Trinajstić information content (AvgIpc) is 3.52. The van der Waals surface area contributed by atoms with Crippen LogP contribution < -0.4 is 19.9 Å². The van der Waals surface area contributed by atoms with Crippen molar-refractivity contribution in [2.24, 2.45) is 11.8 Å². The van der Waals surface area contributed by atoms with E-state index in [4.69, 9.17) is 4.74 Å². The van der Waals surface area contributed by atoms with Crippen molar-refractivity contribution in [1.82, 2.24) is 5.32 Å². The third-order valence-corrected chi connectivity index (χ3v) is 8.76. The van der Waals surface area contributed by atoms with Gasteiger partial charge in [0.2, 0.25) is 11.8 Å². The molecule has 0 aromatic heterocycles. The Bertz CT molecular complexity index is 1460. The van der Waals surface area contributed by atoms with Crippen molar-refractivity contribution in [2.75, 3.05) is 28.9 Å². The van der Waals surface area contributed by atoms with Crippen LogP contribution in [0.25, 0.3) is 0 Å². The first-order valence-electron chi connectivity index (χ1n) is 12.9. The molecule has 0 bridgehead atoms. The lowest BCUT2D eigenvalue weighted by molar-refractivity contribution is -0.132. The first-order valence-corrected chi connectivity index (χ1v) is 14.2. The lowest BCUT2D eigenvalue weighted by Crippen LogP contribution is -2.55. The minimum absolute atomic E-state index is 0.0170. The highest BCUT2D eigenvalue weighted by Gasteiger charge is 2.71. The Balaban J connectivity index is 1.46. The number of para-hydroxylation sites is 1. The zero-order chi connectivity index (χ0) is 27.3. The molecule has 3 aromatic rings. The normalized spacial score (nSPS) is 25.5. The molecule has 4 atom stereocenters. The number of amides is 3. The molecule has 0 aliphatic carbocycles. The topological polar surface area (TPSA) is 79.0 Å². The van der Waals surface area contributed by atoms with Crippen molar-refractivity contribution < 1.29 is 23.5 Å². The molecule has 1 spiro atoms. The van der Waals surface area contributed by atoms with Gasteiger partial charge in [-0.2, -0.15) is 11.8 Å². The summed E-state index contributed by atoms with van der Waals surface area (Å²) in [5.74, 6) is -1.75. The molecule has 3 aromatic carbocycles. The zero-order valence-corrected chi connectivity index (χ0v) is 22.4. The number of ether oxygens (including phenoxy) is 1. The number of methoxy groups -OCH3 is 1. The van der Waals surface area contributed by atoms with Gasteiger partial charge in [-0.3, -0.25) is 19.7 Å². The number of rotatable bonds is 7. The van der Waals surface area contributed by atoms with Crippen molar-refractivity contribution in [2.45, 2.75) is 24.5 Å². The van der Waals surface area contributed by atoms with Crippen molar-refractivity contribution in [3.05, 3.63) is 89.7 Å². The highest BCUT2D eigenvalue weighted by molar-refractivity contribution is 7.98. The minimum Gasteiger partial charge on any atom is -0.497 e. The van der Waals surface area contributed by atoms with Gasteiger partial charge in [0.15, 0.2) is 0 Å². The van der Waals surface area contributed by atoms with Gasteiger partial charge in [-0.1, -0.05) is 36.4 Å². The molecule has 6 rings (SSSR count). The molecule has 9 heteroatoms. The molecule has 0 unspecified atom stereocenters. The van der Waals surface area contributed by atoms with E-state index in [2.05, 4.69) is 5.32 Å². The molecule has 39 heavy (non-hydrogen) atoms. The van der Waals surface area contributed by atoms with Gasteiger partial charge in [-0.15, -0.1) is 0 Å². The molecule has 2 fully saturated rings. The van der Waals surface area contributed by atoms with Crippen LogP contribution >= 0.6 is 11.8 Å². The Hall–Kier alpha value is -3.69.